The second-order valence-electron chi connectivity index (χ2n) is 6.43. The number of aromatic nitrogens is 2. The zero-order valence-corrected chi connectivity index (χ0v) is 16.6. The molecule has 0 amide bonds. The Morgan fingerprint density at radius 1 is 1.30 bits per heavy atom. The van der Waals surface area contributed by atoms with Crippen molar-refractivity contribution in [3.63, 3.8) is 0 Å². The molecule has 1 fully saturated rings. The van der Waals surface area contributed by atoms with Crippen LogP contribution in [-0.4, -0.2) is 60.2 Å². The molecule has 3 heterocycles. The molecule has 1 aliphatic rings. The second-order valence-corrected chi connectivity index (χ2v) is 7.42. The van der Waals surface area contributed by atoms with Gasteiger partial charge in [0.25, 0.3) is 0 Å². The third kappa shape index (κ3) is 6.46. The number of guanidine groups is 1. The van der Waals surface area contributed by atoms with E-state index in [0.717, 1.165) is 68.9 Å². The molecule has 0 aliphatic carbocycles. The van der Waals surface area contributed by atoms with Crippen LogP contribution in [0.3, 0.4) is 0 Å². The van der Waals surface area contributed by atoms with Gasteiger partial charge < -0.3 is 20.0 Å². The van der Waals surface area contributed by atoms with Gasteiger partial charge in [0.2, 0.25) is 5.95 Å². The first kappa shape index (κ1) is 19.5. The van der Waals surface area contributed by atoms with Crippen molar-refractivity contribution < 1.29 is 4.42 Å². The third-order valence-corrected chi connectivity index (χ3v) is 5.07. The number of thioether (sulfide) groups is 1. The topological polar surface area (TPSA) is 78.6 Å². The van der Waals surface area contributed by atoms with Crippen LogP contribution in [-0.2, 0) is 6.42 Å². The molecule has 1 saturated heterocycles. The lowest BCUT2D eigenvalue weighted by atomic mass is 10.1. The first-order chi connectivity index (χ1) is 13.3. The Morgan fingerprint density at radius 3 is 2.81 bits per heavy atom. The summed E-state index contributed by atoms with van der Waals surface area (Å²) < 4.78 is 5.40. The zero-order valence-electron chi connectivity index (χ0n) is 15.8. The largest absolute Gasteiger partial charge is 0.469 e. The van der Waals surface area contributed by atoms with Crippen molar-refractivity contribution >= 4 is 23.7 Å². The molecule has 2 aromatic rings. The lowest BCUT2D eigenvalue weighted by Gasteiger charge is -2.33. The lowest BCUT2D eigenvalue weighted by molar-refractivity contribution is 0.456. The molecule has 0 saturated carbocycles. The summed E-state index contributed by atoms with van der Waals surface area (Å²) >= 11 is 1.81. The Labute approximate surface area is 165 Å². The van der Waals surface area contributed by atoms with Crippen molar-refractivity contribution in [3.05, 3.63) is 42.6 Å². The SMILES string of the molecule is CSCCN=C(NCCc1ccco1)NC1CCN(c2ncccn2)CC1. The molecule has 2 N–H and O–H groups in total. The smallest absolute Gasteiger partial charge is 0.225 e. The van der Waals surface area contributed by atoms with Crippen LogP contribution >= 0.6 is 11.8 Å². The van der Waals surface area contributed by atoms with Gasteiger partial charge in [0, 0.05) is 50.2 Å². The van der Waals surface area contributed by atoms with Gasteiger partial charge in [0.15, 0.2) is 5.96 Å². The maximum absolute atomic E-state index is 5.40. The molecule has 7 nitrogen and oxygen atoms in total. The Bertz CT molecular complexity index is 671. The summed E-state index contributed by atoms with van der Waals surface area (Å²) in [7, 11) is 0. The Hall–Kier alpha value is -2.22. The molecule has 0 radical (unpaired) electrons. The molecule has 146 valence electrons. The highest BCUT2D eigenvalue weighted by molar-refractivity contribution is 7.98. The van der Waals surface area contributed by atoms with E-state index in [1.165, 1.54) is 0 Å². The molecule has 3 rings (SSSR count). The van der Waals surface area contributed by atoms with Crippen LogP contribution in [0.2, 0.25) is 0 Å². The van der Waals surface area contributed by atoms with Crippen molar-refractivity contribution in [1.29, 1.82) is 0 Å². The maximum Gasteiger partial charge on any atom is 0.225 e. The molecule has 0 aromatic carbocycles. The Balaban J connectivity index is 1.47. The van der Waals surface area contributed by atoms with Crippen molar-refractivity contribution in [2.75, 3.05) is 43.1 Å². The van der Waals surface area contributed by atoms with Crippen LogP contribution < -0.4 is 15.5 Å². The van der Waals surface area contributed by atoms with Crippen LogP contribution in [0.1, 0.15) is 18.6 Å². The van der Waals surface area contributed by atoms with E-state index in [9.17, 15) is 0 Å². The number of aliphatic imine (C=N–C) groups is 1. The number of rotatable bonds is 8. The van der Waals surface area contributed by atoms with E-state index in [1.807, 2.05) is 30.0 Å². The number of anilines is 1. The molecule has 27 heavy (non-hydrogen) atoms. The lowest BCUT2D eigenvalue weighted by Crippen LogP contribution is -2.49. The van der Waals surface area contributed by atoms with Gasteiger partial charge in [0.05, 0.1) is 12.8 Å². The summed E-state index contributed by atoms with van der Waals surface area (Å²) in [6, 6.07) is 6.18. The minimum absolute atomic E-state index is 0.411. The summed E-state index contributed by atoms with van der Waals surface area (Å²) in [6.45, 7) is 3.52. The average molecular weight is 389 g/mol. The number of hydrogen-bond acceptors (Lipinski definition) is 6. The number of furan rings is 1. The van der Waals surface area contributed by atoms with Gasteiger partial charge in [-0.15, -0.1) is 0 Å². The monoisotopic (exact) mass is 388 g/mol. The number of nitrogens with one attached hydrogen (secondary N) is 2. The molecular formula is C19H28N6OS. The molecule has 8 heteroatoms. The van der Waals surface area contributed by atoms with Crippen LogP contribution in [0.15, 0.2) is 46.3 Å². The fourth-order valence-electron chi connectivity index (χ4n) is 3.03. The Kier molecular flexibility index (Phi) is 7.83. The van der Waals surface area contributed by atoms with E-state index < -0.39 is 0 Å². The molecule has 0 spiro atoms. The molecule has 2 aromatic heterocycles. The average Bonchev–Trinajstić information content (AvgIpc) is 3.23. The summed E-state index contributed by atoms with van der Waals surface area (Å²) in [5.74, 6) is 3.72. The Morgan fingerprint density at radius 2 is 2.11 bits per heavy atom. The predicted molar refractivity (Wildman–Crippen MR) is 112 cm³/mol. The van der Waals surface area contributed by atoms with Gasteiger partial charge in [0.1, 0.15) is 5.76 Å². The van der Waals surface area contributed by atoms with Gasteiger partial charge in [-0.3, -0.25) is 4.99 Å². The molecular weight excluding hydrogens is 360 g/mol. The highest BCUT2D eigenvalue weighted by atomic mass is 32.2. The van der Waals surface area contributed by atoms with E-state index in [4.69, 9.17) is 9.41 Å². The summed E-state index contributed by atoms with van der Waals surface area (Å²) in [5.41, 5.74) is 0. The van der Waals surface area contributed by atoms with Gasteiger partial charge >= 0.3 is 0 Å². The standard InChI is InChI=1S/C19H28N6OS/c1-27-15-11-21-18(20-10-5-17-4-2-14-26-17)24-16-6-12-25(13-7-16)19-22-8-3-9-23-19/h2-4,8-9,14,16H,5-7,10-13,15H2,1H3,(H2,20,21,24). The number of nitrogens with zero attached hydrogens (tertiary/aromatic N) is 4. The molecule has 1 aliphatic heterocycles. The van der Waals surface area contributed by atoms with Crippen molar-refractivity contribution in [3.8, 4) is 0 Å². The van der Waals surface area contributed by atoms with Gasteiger partial charge in [-0.05, 0) is 37.3 Å². The highest BCUT2D eigenvalue weighted by Gasteiger charge is 2.21. The molecule has 0 unspecified atom stereocenters. The maximum atomic E-state index is 5.40. The first-order valence-electron chi connectivity index (χ1n) is 9.43. The van der Waals surface area contributed by atoms with Gasteiger partial charge in [-0.2, -0.15) is 11.8 Å². The van der Waals surface area contributed by atoms with Crippen molar-refractivity contribution in [2.24, 2.45) is 4.99 Å². The van der Waals surface area contributed by atoms with Crippen LogP contribution in [0, 0.1) is 0 Å². The fourth-order valence-corrected chi connectivity index (χ4v) is 3.31. The van der Waals surface area contributed by atoms with Crippen LogP contribution in [0.25, 0.3) is 0 Å². The number of hydrogen-bond donors (Lipinski definition) is 2. The van der Waals surface area contributed by atoms with Crippen LogP contribution in [0.5, 0.6) is 0 Å². The summed E-state index contributed by atoms with van der Waals surface area (Å²) in [5, 5.41) is 7.04. The minimum Gasteiger partial charge on any atom is -0.469 e. The van der Waals surface area contributed by atoms with E-state index in [-0.39, 0.29) is 0 Å². The van der Waals surface area contributed by atoms with Crippen LogP contribution in [0.4, 0.5) is 5.95 Å². The minimum atomic E-state index is 0.411. The first-order valence-corrected chi connectivity index (χ1v) is 10.8. The van der Waals surface area contributed by atoms with Gasteiger partial charge in [-0.1, -0.05) is 0 Å². The van der Waals surface area contributed by atoms with E-state index in [2.05, 4.69) is 31.8 Å². The fraction of sp³-hybridized carbons (Fsp3) is 0.526. The normalized spacial score (nSPS) is 15.7. The quantitative estimate of drug-likeness (QED) is 0.408. The van der Waals surface area contributed by atoms with Crippen molar-refractivity contribution in [2.45, 2.75) is 25.3 Å². The van der Waals surface area contributed by atoms with Gasteiger partial charge in [-0.25, -0.2) is 9.97 Å². The summed E-state index contributed by atoms with van der Waals surface area (Å²) in [6.07, 6.45) is 10.3. The third-order valence-electron chi connectivity index (χ3n) is 4.48. The molecule has 0 atom stereocenters. The highest BCUT2D eigenvalue weighted by Crippen LogP contribution is 2.15. The van der Waals surface area contributed by atoms with E-state index >= 15 is 0 Å². The predicted octanol–water partition coefficient (Wildman–Crippen LogP) is 2.18. The second kappa shape index (κ2) is 10.8. The molecule has 0 bridgehead atoms. The summed E-state index contributed by atoms with van der Waals surface area (Å²) in [4.78, 5) is 15.7. The number of piperidine rings is 1. The zero-order chi connectivity index (χ0) is 18.7. The van der Waals surface area contributed by atoms with E-state index in [1.54, 1.807) is 18.7 Å². The van der Waals surface area contributed by atoms with E-state index in [0.29, 0.717) is 6.04 Å². The van der Waals surface area contributed by atoms with Crippen molar-refractivity contribution in [1.82, 2.24) is 20.6 Å².